The molecule has 2 aromatic rings. The third kappa shape index (κ3) is 8.48. The quantitative estimate of drug-likeness (QED) is 0.163. The fourth-order valence-corrected chi connectivity index (χ4v) is 9.05. The SMILES string of the molecule is C=CCNC(=O)C(=O)C(CC1CC1)NC(=O)[C@@H]1C2C(CN1C(=O)[C@@H](NC(=O)[C@@H](NC(=O)c1cnc3ccccc3c1)C1(C)CCCCC1)C(C)(C)C)C2(C)C. The molecule has 12 nitrogen and oxygen atoms in total. The number of rotatable bonds is 14. The van der Waals surface area contributed by atoms with E-state index in [1.54, 1.807) is 11.0 Å². The normalized spacial score (nSPS) is 24.0. The van der Waals surface area contributed by atoms with Crippen molar-refractivity contribution in [1.29, 1.82) is 0 Å². The van der Waals surface area contributed by atoms with Gasteiger partial charge < -0.3 is 26.2 Å². The van der Waals surface area contributed by atoms with Crippen molar-refractivity contribution in [3.05, 3.63) is 54.7 Å². The van der Waals surface area contributed by atoms with E-state index < -0.39 is 70.3 Å². The lowest BCUT2D eigenvalue weighted by Gasteiger charge is -2.42. The number of hydrogen-bond acceptors (Lipinski definition) is 7. The van der Waals surface area contributed by atoms with Gasteiger partial charge in [-0.2, -0.15) is 0 Å². The van der Waals surface area contributed by atoms with Gasteiger partial charge in [0.25, 0.3) is 11.8 Å². The van der Waals surface area contributed by atoms with Crippen LogP contribution in [-0.4, -0.2) is 82.5 Å². The molecular formula is C43H58N6O6. The van der Waals surface area contributed by atoms with Crippen LogP contribution in [0.5, 0.6) is 0 Å². The topological polar surface area (TPSA) is 167 Å². The number of para-hydroxylation sites is 1. The van der Waals surface area contributed by atoms with Crippen molar-refractivity contribution in [2.45, 2.75) is 117 Å². The molecule has 6 atom stereocenters. The van der Waals surface area contributed by atoms with Crippen LogP contribution in [0.2, 0.25) is 0 Å². The Labute approximate surface area is 324 Å². The molecule has 5 amide bonds. The van der Waals surface area contributed by atoms with Gasteiger partial charge >= 0.3 is 0 Å². The second-order valence-electron chi connectivity index (χ2n) is 18.3. The second kappa shape index (κ2) is 15.5. The number of amides is 5. The summed E-state index contributed by atoms with van der Waals surface area (Å²) < 4.78 is 0. The van der Waals surface area contributed by atoms with E-state index in [0.29, 0.717) is 18.5 Å². The minimum absolute atomic E-state index is 0.0562. The summed E-state index contributed by atoms with van der Waals surface area (Å²) in [5, 5.41) is 12.3. The van der Waals surface area contributed by atoms with E-state index in [-0.39, 0.29) is 29.7 Å². The average Bonchev–Trinajstić information content (AvgIpc) is 4.01. The van der Waals surface area contributed by atoms with E-state index in [0.717, 1.165) is 55.8 Å². The van der Waals surface area contributed by atoms with Crippen LogP contribution in [0.15, 0.2) is 49.2 Å². The minimum atomic E-state index is -1.03. The van der Waals surface area contributed by atoms with Gasteiger partial charge in [0.05, 0.1) is 17.1 Å². The van der Waals surface area contributed by atoms with Gasteiger partial charge in [0, 0.05) is 24.7 Å². The monoisotopic (exact) mass is 754 g/mol. The van der Waals surface area contributed by atoms with Gasteiger partial charge in [0.2, 0.25) is 23.5 Å². The summed E-state index contributed by atoms with van der Waals surface area (Å²) in [6, 6.07) is 5.42. The molecule has 4 N–H and O–H groups in total. The first-order valence-electron chi connectivity index (χ1n) is 20.0. The molecule has 3 unspecified atom stereocenters. The molecule has 4 fully saturated rings. The van der Waals surface area contributed by atoms with Crippen molar-refractivity contribution in [2.75, 3.05) is 13.1 Å². The van der Waals surface area contributed by atoms with Crippen LogP contribution in [0, 0.1) is 34.0 Å². The van der Waals surface area contributed by atoms with Gasteiger partial charge in [-0.1, -0.05) is 97.9 Å². The summed E-state index contributed by atoms with van der Waals surface area (Å²) in [5.74, 6) is -3.08. The Morgan fingerprint density at radius 1 is 0.982 bits per heavy atom. The van der Waals surface area contributed by atoms with Crippen molar-refractivity contribution in [3.8, 4) is 0 Å². The number of nitrogens with zero attached hydrogens (tertiary/aromatic N) is 2. The van der Waals surface area contributed by atoms with Gasteiger partial charge in [0.15, 0.2) is 0 Å². The van der Waals surface area contributed by atoms with Gasteiger partial charge in [-0.15, -0.1) is 6.58 Å². The van der Waals surface area contributed by atoms with Crippen LogP contribution in [0.25, 0.3) is 10.9 Å². The number of aromatic nitrogens is 1. The molecule has 3 aliphatic carbocycles. The Bertz CT molecular complexity index is 1860. The fourth-order valence-electron chi connectivity index (χ4n) is 9.05. The Hall–Kier alpha value is -4.61. The zero-order chi connectivity index (χ0) is 39.9. The van der Waals surface area contributed by atoms with Crippen molar-refractivity contribution >= 4 is 46.2 Å². The van der Waals surface area contributed by atoms with E-state index in [4.69, 9.17) is 0 Å². The Morgan fingerprint density at radius 3 is 2.33 bits per heavy atom. The van der Waals surface area contributed by atoms with E-state index in [1.165, 1.54) is 12.3 Å². The van der Waals surface area contributed by atoms with Gasteiger partial charge in [-0.05, 0) is 65.4 Å². The number of hydrogen-bond donors (Lipinski definition) is 4. The first-order chi connectivity index (χ1) is 26.0. The molecule has 1 saturated heterocycles. The van der Waals surface area contributed by atoms with Crippen molar-refractivity contribution < 1.29 is 28.8 Å². The van der Waals surface area contributed by atoms with Crippen LogP contribution in [0.3, 0.4) is 0 Å². The molecule has 12 heteroatoms. The number of benzene rings is 1. The third-order valence-corrected chi connectivity index (χ3v) is 12.8. The van der Waals surface area contributed by atoms with Crippen molar-refractivity contribution in [3.63, 3.8) is 0 Å². The van der Waals surface area contributed by atoms with Crippen LogP contribution >= 0.6 is 0 Å². The van der Waals surface area contributed by atoms with E-state index in [9.17, 15) is 28.8 Å². The average molecular weight is 755 g/mol. The van der Waals surface area contributed by atoms with E-state index >= 15 is 0 Å². The van der Waals surface area contributed by atoms with Crippen LogP contribution in [-0.2, 0) is 24.0 Å². The number of carbonyl (C=O) groups is 6. The van der Waals surface area contributed by atoms with E-state index in [2.05, 4.69) is 46.7 Å². The standard InChI is InChI=1S/C43H58N6O6/c1-8-20-44-38(53)33(50)30(21-25-16-17-25)46-37(52)32-31-28(42(31,5)6)24-49(32)40(55)35(41(2,3)4)48-39(54)34(43(7)18-12-9-13-19-43)47-36(51)27-22-26-14-10-11-15-29(26)45-23-27/h8,10-11,14-15,22-23,25,28,30-32,34-35H,1,9,12-13,16-21,24H2,2-7H3,(H,44,53)(H,46,52)(H,47,51)(H,48,54)/t28?,30?,31?,32-,34+,35+/m0/s1. The van der Waals surface area contributed by atoms with Gasteiger partial charge in [0.1, 0.15) is 18.1 Å². The molecule has 6 rings (SSSR count). The molecule has 296 valence electrons. The predicted molar refractivity (Wildman–Crippen MR) is 209 cm³/mol. The summed E-state index contributed by atoms with van der Waals surface area (Å²) >= 11 is 0. The Kier molecular flexibility index (Phi) is 11.3. The molecule has 0 spiro atoms. The van der Waals surface area contributed by atoms with Crippen molar-refractivity contribution in [2.24, 2.45) is 34.0 Å². The maximum atomic E-state index is 14.8. The lowest BCUT2D eigenvalue weighted by molar-refractivity contribution is -0.147. The number of Topliss-reactive ketones (excluding diaryl/α,β-unsaturated/α-hetero) is 1. The van der Waals surface area contributed by atoms with Gasteiger partial charge in [-0.25, -0.2) is 0 Å². The molecule has 0 radical (unpaired) electrons. The molecule has 4 aliphatic rings. The minimum Gasteiger partial charge on any atom is -0.346 e. The molecule has 55 heavy (non-hydrogen) atoms. The smallest absolute Gasteiger partial charge is 0.289 e. The fraction of sp³-hybridized carbons (Fsp3) is 0.605. The summed E-state index contributed by atoms with van der Waals surface area (Å²) in [7, 11) is 0. The molecule has 1 aromatic heterocycles. The number of piperidine rings is 1. The lowest BCUT2D eigenvalue weighted by Crippen LogP contribution is -2.64. The summed E-state index contributed by atoms with van der Waals surface area (Å²) in [6.07, 6.45) is 9.53. The number of pyridine rings is 1. The highest BCUT2D eigenvalue weighted by molar-refractivity contribution is 6.38. The highest BCUT2D eigenvalue weighted by atomic mass is 16.2. The first-order valence-corrected chi connectivity index (χ1v) is 20.0. The number of carbonyl (C=O) groups excluding carboxylic acids is 6. The number of likely N-dealkylation sites (tertiary alicyclic amines) is 1. The van der Waals surface area contributed by atoms with E-state index in [1.807, 2.05) is 52.0 Å². The molecular weight excluding hydrogens is 697 g/mol. The zero-order valence-corrected chi connectivity index (χ0v) is 33.2. The van der Waals surface area contributed by atoms with Crippen LogP contribution in [0.4, 0.5) is 0 Å². The summed E-state index contributed by atoms with van der Waals surface area (Å²) in [5.41, 5.74) is -0.444. The Morgan fingerprint density at radius 2 is 1.67 bits per heavy atom. The summed E-state index contributed by atoms with van der Waals surface area (Å²) in [6.45, 7) is 15.8. The predicted octanol–water partition coefficient (Wildman–Crippen LogP) is 4.47. The molecule has 1 aromatic carbocycles. The zero-order valence-electron chi connectivity index (χ0n) is 33.2. The molecule has 1 aliphatic heterocycles. The number of ketones is 1. The number of nitrogens with one attached hydrogen (secondary N) is 4. The molecule has 3 saturated carbocycles. The highest BCUT2D eigenvalue weighted by Gasteiger charge is 2.70. The molecule has 0 bridgehead atoms. The number of fused-ring (bicyclic) bond motifs is 2. The highest BCUT2D eigenvalue weighted by Crippen LogP contribution is 2.65. The lowest BCUT2D eigenvalue weighted by atomic mass is 9.70. The maximum absolute atomic E-state index is 14.8. The largest absolute Gasteiger partial charge is 0.346 e. The third-order valence-electron chi connectivity index (χ3n) is 12.8. The second-order valence-corrected chi connectivity index (χ2v) is 18.3. The van der Waals surface area contributed by atoms with Crippen LogP contribution < -0.4 is 21.3 Å². The van der Waals surface area contributed by atoms with Crippen LogP contribution in [0.1, 0.15) is 103 Å². The summed E-state index contributed by atoms with van der Waals surface area (Å²) in [4.78, 5) is 89.5. The van der Waals surface area contributed by atoms with Gasteiger partial charge in [-0.3, -0.25) is 33.8 Å². The van der Waals surface area contributed by atoms with Crippen molar-refractivity contribution in [1.82, 2.24) is 31.2 Å². The molecule has 2 heterocycles. The Balaban J connectivity index is 1.24. The first kappa shape index (κ1) is 40.1. The maximum Gasteiger partial charge on any atom is 0.289 e.